The first-order valence-corrected chi connectivity index (χ1v) is 22.2. The van der Waals surface area contributed by atoms with Crippen molar-refractivity contribution >= 4 is 75.7 Å². The van der Waals surface area contributed by atoms with Gasteiger partial charge in [0, 0.05) is 16.5 Å². The molecule has 0 N–H and O–H groups in total. The van der Waals surface area contributed by atoms with E-state index in [-0.39, 0.29) is 0 Å². The molecule has 0 unspecified atom stereocenters. The lowest BCUT2D eigenvalue weighted by molar-refractivity contribution is 1.18. The molecule has 0 saturated carbocycles. The zero-order valence-corrected chi connectivity index (χ0v) is 35.3. The first kappa shape index (κ1) is 36.8. The molecule has 2 heteroatoms. The van der Waals surface area contributed by atoms with Crippen LogP contribution in [0.4, 0.5) is 0 Å². The Kier molecular flexibility index (Phi) is 8.31. The Balaban J connectivity index is 1.04. The first-order chi connectivity index (χ1) is 32.2. The molecule has 13 rings (SSSR count). The lowest BCUT2D eigenvalue weighted by Crippen LogP contribution is -1.94. The van der Waals surface area contributed by atoms with E-state index in [1.54, 1.807) is 0 Å². The van der Waals surface area contributed by atoms with Crippen LogP contribution < -0.4 is 0 Å². The van der Waals surface area contributed by atoms with E-state index in [4.69, 9.17) is 0 Å². The highest BCUT2D eigenvalue weighted by Gasteiger charge is 2.20. The van der Waals surface area contributed by atoms with Crippen molar-refractivity contribution in [3.63, 3.8) is 0 Å². The van der Waals surface area contributed by atoms with Gasteiger partial charge in [0.25, 0.3) is 0 Å². The summed E-state index contributed by atoms with van der Waals surface area (Å²) in [5.74, 6) is 0. The first-order valence-electron chi connectivity index (χ1n) is 22.2. The van der Waals surface area contributed by atoms with Gasteiger partial charge in [-0.25, -0.2) is 0 Å². The molecule has 0 aliphatic carbocycles. The van der Waals surface area contributed by atoms with E-state index >= 15 is 0 Å². The Hall–Kier alpha value is -8.77. The minimum atomic E-state index is 0.649. The Labute approximate surface area is 376 Å². The third-order valence-corrected chi connectivity index (χ3v) is 13.6. The maximum Gasteiger partial charge on any atom is 0.0992 e. The molecular weight excluding hydrogens is 785 g/mol. The molecule has 0 atom stereocenters. The van der Waals surface area contributed by atoms with E-state index in [0.717, 1.165) is 33.1 Å². The number of hydrogen-bond acceptors (Lipinski definition) is 1. The predicted octanol–water partition coefficient (Wildman–Crippen LogP) is 17.1. The summed E-state index contributed by atoms with van der Waals surface area (Å²) in [5.41, 5.74) is 13.5. The summed E-state index contributed by atoms with van der Waals surface area (Å²) in [6.07, 6.45) is 0. The van der Waals surface area contributed by atoms with Gasteiger partial charge in [0.2, 0.25) is 0 Å². The largest absolute Gasteiger partial charge is 0.309 e. The molecule has 0 bridgehead atoms. The lowest BCUT2D eigenvalue weighted by Gasteiger charge is -2.20. The third-order valence-electron chi connectivity index (χ3n) is 13.6. The van der Waals surface area contributed by atoms with Gasteiger partial charge in [-0.2, -0.15) is 5.26 Å². The van der Waals surface area contributed by atoms with E-state index in [1.165, 1.54) is 92.8 Å². The normalized spacial score (nSPS) is 11.7. The van der Waals surface area contributed by atoms with Crippen LogP contribution in [0, 0.1) is 11.3 Å². The highest BCUT2D eigenvalue weighted by Crippen LogP contribution is 2.47. The Morgan fingerprint density at radius 3 is 1.34 bits per heavy atom. The lowest BCUT2D eigenvalue weighted by atomic mass is 9.83. The topological polar surface area (TPSA) is 28.7 Å². The fourth-order valence-corrected chi connectivity index (χ4v) is 10.6. The van der Waals surface area contributed by atoms with Crippen LogP contribution in [0.2, 0.25) is 0 Å². The van der Waals surface area contributed by atoms with Crippen molar-refractivity contribution in [2.24, 2.45) is 0 Å². The van der Waals surface area contributed by atoms with Crippen LogP contribution in [0.3, 0.4) is 0 Å². The number of aromatic nitrogens is 1. The van der Waals surface area contributed by atoms with Crippen LogP contribution in [0.25, 0.3) is 126 Å². The number of nitriles is 1. The van der Waals surface area contributed by atoms with E-state index < -0.39 is 0 Å². The molecule has 1 aromatic heterocycles. The molecule has 1 heterocycles. The van der Waals surface area contributed by atoms with Crippen molar-refractivity contribution in [2.75, 3.05) is 0 Å². The van der Waals surface area contributed by atoms with Gasteiger partial charge >= 0.3 is 0 Å². The van der Waals surface area contributed by atoms with Crippen LogP contribution in [0.15, 0.2) is 231 Å². The molecule has 0 fully saturated rings. The fourth-order valence-electron chi connectivity index (χ4n) is 10.6. The van der Waals surface area contributed by atoms with Crippen molar-refractivity contribution in [1.82, 2.24) is 4.57 Å². The van der Waals surface area contributed by atoms with Gasteiger partial charge in [-0.05, 0) is 147 Å². The molecule has 0 spiro atoms. The van der Waals surface area contributed by atoms with Gasteiger partial charge in [0.1, 0.15) is 0 Å². The highest BCUT2D eigenvalue weighted by atomic mass is 15.0. The third kappa shape index (κ3) is 5.87. The van der Waals surface area contributed by atoms with Crippen LogP contribution >= 0.6 is 0 Å². The zero-order valence-electron chi connectivity index (χ0n) is 35.3. The summed E-state index contributed by atoms with van der Waals surface area (Å²) in [4.78, 5) is 0. The molecular formula is C63H38N2. The van der Waals surface area contributed by atoms with E-state index in [2.05, 4.69) is 223 Å². The van der Waals surface area contributed by atoms with Crippen LogP contribution in [0.1, 0.15) is 5.56 Å². The smallest absolute Gasteiger partial charge is 0.0992 e. The number of nitrogens with zero attached hydrogens (tertiary/aromatic N) is 2. The van der Waals surface area contributed by atoms with Crippen LogP contribution in [-0.2, 0) is 0 Å². The number of rotatable bonds is 5. The van der Waals surface area contributed by atoms with Gasteiger partial charge in [-0.15, -0.1) is 0 Å². The van der Waals surface area contributed by atoms with Gasteiger partial charge in [0.05, 0.1) is 22.7 Å². The molecule has 12 aromatic carbocycles. The minimum Gasteiger partial charge on any atom is -0.309 e. The van der Waals surface area contributed by atoms with Crippen molar-refractivity contribution in [3.05, 3.63) is 236 Å². The second-order valence-corrected chi connectivity index (χ2v) is 17.1. The van der Waals surface area contributed by atoms with E-state index in [9.17, 15) is 5.26 Å². The van der Waals surface area contributed by atoms with Crippen molar-refractivity contribution in [1.29, 1.82) is 5.26 Å². The predicted molar refractivity (Wildman–Crippen MR) is 275 cm³/mol. The summed E-state index contributed by atoms with van der Waals surface area (Å²) in [7, 11) is 0. The zero-order chi connectivity index (χ0) is 43.0. The summed E-state index contributed by atoms with van der Waals surface area (Å²) >= 11 is 0. The Morgan fingerprint density at radius 2 is 0.738 bits per heavy atom. The summed E-state index contributed by atoms with van der Waals surface area (Å²) in [6, 6.07) is 86.3. The molecule has 0 saturated heterocycles. The molecule has 300 valence electrons. The summed E-state index contributed by atoms with van der Waals surface area (Å²) in [5, 5.41) is 24.4. The van der Waals surface area contributed by atoms with Crippen molar-refractivity contribution in [3.8, 4) is 56.3 Å². The van der Waals surface area contributed by atoms with Gasteiger partial charge in [-0.3, -0.25) is 0 Å². The number of hydrogen-bond donors (Lipinski definition) is 0. The van der Waals surface area contributed by atoms with Gasteiger partial charge < -0.3 is 4.57 Å². The second kappa shape index (κ2) is 14.7. The quantitative estimate of drug-likeness (QED) is 0.159. The standard InChI is InChI=1S/C63H38N2/c64-39-40-22-29-54-55-30-27-46(38-61(55)65(60(54)34-40)49-16-2-1-3-17-49)51-33-32-50(52-18-8-9-19-53(51)52)45-28-31-58-59(37-45)63(48-26-24-42-13-5-7-15-44(42)36-48)57-21-11-10-20-56(57)62(58)47-25-23-41-12-4-6-14-43(41)35-47/h1-38H. The number of benzene rings is 12. The Bertz CT molecular complexity index is 4130. The molecule has 13 aromatic rings. The molecule has 65 heavy (non-hydrogen) atoms. The SMILES string of the molecule is N#Cc1ccc2c3ccc(-c4ccc(-c5ccc6c(-c7ccc8ccccc8c7)c7ccccc7c(-c7ccc8ccccc8c7)c6c5)c5ccccc45)cc3n(-c3ccccc3)c2c1. The number of fused-ring (bicyclic) bond motifs is 8. The fraction of sp³-hybridized carbons (Fsp3) is 0. The highest BCUT2D eigenvalue weighted by molar-refractivity contribution is 6.23. The maximum atomic E-state index is 9.86. The minimum absolute atomic E-state index is 0.649. The van der Waals surface area contributed by atoms with E-state index in [1.807, 2.05) is 18.2 Å². The van der Waals surface area contributed by atoms with Gasteiger partial charge in [0.15, 0.2) is 0 Å². The summed E-state index contributed by atoms with van der Waals surface area (Å²) < 4.78 is 2.30. The number of para-hydroxylation sites is 1. The maximum absolute atomic E-state index is 9.86. The van der Waals surface area contributed by atoms with Crippen molar-refractivity contribution < 1.29 is 0 Å². The molecule has 0 radical (unpaired) electrons. The van der Waals surface area contributed by atoms with Gasteiger partial charge in [-0.1, -0.05) is 182 Å². The molecule has 2 nitrogen and oxygen atoms in total. The molecule has 0 aliphatic rings. The van der Waals surface area contributed by atoms with Crippen LogP contribution in [-0.4, -0.2) is 4.57 Å². The summed E-state index contributed by atoms with van der Waals surface area (Å²) in [6.45, 7) is 0. The monoisotopic (exact) mass is 822 g/mol. The average Bonchev–Trinajstić information content (AvgIpc) is 3.70. The second-order valence-electron chi connectivity index (χ2n) is 17.1. The van der Waals surface area contributed by atoms with Crippen molar-refractivity contribution in [2.45, 2.75) is 0 Å². The van der Waals surface area contributed by atoms with E-state index in [0.29, 0.717) is 5.56 Å². The Morgan fingerprint density at radius 1 is 0.292 bits per heavy atom. The molecule has 0 amide bonds. The van der Waals surface area contributed by atoms with Crippen LogP contribution in [0.5, 0.6) is 0 Å². The molecule has 0 aliphatic heterocycles. The average molecular weight is 823 g/mol.